The van der Waals surface area contributed by atoms with E-state index in [0.29, 0.717) is 117 Å². The van der Waals surface area contributed by atoms with Gasteiger partial charge in [0.05, 0.1) is 78.1 Å². The highest BCUT2D eigenvalue weighted by atomic mass is 16.6. The van der Waals surface area contributed by atoms with Gasteiger partial charge in [0, 0.05) is 26.7 Å². The second-order valence-corrected chi connectivity index (χ2v) is 15.7. The molecule has 0 aliphatic carbocycles. The van der Waals surface area contributed by atoms with E-state index in [1.54, 1.807) is 31.2 Å². The maximum atomic E-state index is 13.1. The Morgan fingerprint density at radius 3 is 1.44 bits per heavy atom. The maximum Gasteiger partial charge on any atom is 0.332 e. The zero-order valence-electron chi connectivity index (χ0n) is 37.4. The lowest BCUT2D eigenvalue weighted by Crippen LogP contribution is -2.31. The van der Waals surface area contributed by atoms with E-state index < -0.39 is 17.0 Å². The van der Waals surface area contributed by atoms with Gasteiger partial charge >= 0.3 is 11.9 Å². The standard InChI is InChI=1S/C45H79NO13/c1-7-45(6,22-17-25-51-27-29-53-30-31-54-34-35-56-38-42(48)59-44(3,4)5)43(49)58-41-20-18-40(19-21-41)57-37-36-55-33-32-52-28-26-50-24-16-14-12-10-8-9-11-13-15-23-46-39(2)47/h18-21H,7-17,22-38H2,1-6H3,(H,46,47). The van der Waals surface area contributed by atoms with Crippen LogP contribution < -0.4 is 14.8 Å². The molecule has 59 heavy (non-hydrogen) atoms. The molecule has 0 aliphatic heterocycles. The molecule has 14 heteroatoms. The Bertz CT molecular complexity index is 1180. The Balaban J connectivity index is 1.97. The first-order valence-electron chi connectivity index (χ1n) is 21.9. The topological polar surface area (TPSA) is 156 Å². The van der Waals surface area contributed by atoms with Crippen molar-refractivity contribution in [3.05, 3.63) is 24.3 Å². The Morgan fingerprint density at radius 2 is 0.949 bits per heavy atom. The SMILES string of the molecule is CCC(C)(CCCOCCOCCOCCOCC(=O)OC(C)(C)C)C(=O)Oc1ccc(OCCOCCOCCOCCCCCCCCCCCNC(C)=O)cc1. The monoisotopic (exact) mass is 842 g/mol. The number of benzene rings is 1. The molecule has 342 valence electrons. The summed E-state index contributed by atoms with van der Waals surface area (Å²) in [5.41, 5.74) is -1.16. The minimum absolute atomic E-state index is 0.0567. The summed E-state index contributed by atoms with van der Waals surface area (Å²) in [5.74, 6) is 0.533. The lowest BCUT2D eigenvalue weighted by Gasteiger charge is -2.25. The summed E-state index contributed by atoms with van der Waals surface area (Å²) in [6, 6.07) is 7.03. The van der Waals surface area contributed by atoms with Crippen LogP contribution in [0.15, 0.2) is 24.3 Å². The molecule has 0 saturated heterocycles. The quantitative estimate of drug-likeness (QED) is 0.0400. The molecule has 0 spiro atoms. The Labute approximate surface area is 355 Å². The van der Waals surface area contributed by atoms with Gasteiger partial charge in [-0.3, -0.25) is 9.59 Å². The van der Waals surface area contributed by atoms with Crippen molar-refractivity contribution in [2.24, 2.45) is 5.41 Å². The number of unbranched alkanes of at least 4 members (excludes halogenated alkanes) is 8. The van der Waals surface area contributed by atoms with Crippen LogP contribution in [-0.2, 0) is 52.3 Å². The zero-order valence-corrected chi connectivity index (χ0v) is 37.4. The Morgan fingerprint density at radius 1 is 0.525 bits per heavy atom. The largest absolute Gasteiger partial charge is 0.491 e. The van der Waals surface area contributed by atoms with Crippen LogP contribution >= 0.6 is 0 Å². The molecule has 0 saturated carbocycles. The van der Waals surface area contributed by atoms with Crippen LogP contribution in [0.1, 0.15) is 119 Å². The number of hydrogen-bond donors (Lipinski definition) is 1. The predicted octanol–water partition coefficient (Wildman–Crippen LogP) is 7.27. The van der Waals surface area contributed by atoms with E-state index in [1.165, 1.54) is 44.9 Å². The van der Waals surface area contributed by atoms with Gasteiger partial charge in [-0.05, 0) is 84.1 Å². The van der Waals surface area contributed by atoms with Crippen molar-refractivity contribution in [1.29, 1.82) is 0 Å². The molecule has 1 aromatic carbocycles. The number of carbonyl (C=O) groups excluding carboxylic acids is 3. The van der Waals surface area contributed by atoms with E-state index in [0.717, 1.165) is 26.0 Å². The fourth-order valence-corrected chi connectivity index (χ4v) is 5.60. The highest BCUT2D eigenvalue weighted by molar-refractivity contribution is 5.78. The molecule has 1 rings (SSSR count). The van der Waals surface area contributed by atoms with E-state index in [2.05, 4.69) is 5.32 Å². The van der Waals surface area contributed by atoms with Crippen molar-refractivity contribution < 1.29 is 61.8 Å². The van der Waals surface area contributed by atoms with E-state index in [4.69, 9.17) is 47.4 Å². The summed E-state index contributed by atoms with van der Waals surface area (Å²) in [6.45, 7) is 18.3. The van der Waals surface area contributed by atoms with Gasteiger partial charge in [-0.1, -0.05) is 51.9 Å². The molecule has 0 bridgehead atoms. The van der Waals surface area contributed by atoms with Crippen molar-refractivity contribution in [3.63, 3.8) is 0 Å². The second-order valence-electron chi connectivity index (χ2n) is 15.7. The first-order chi connectivity index (χ1) is 28.4. The van der Waals surface area contributed by atoms with Gasteiger partial charge in [0.25, 0.3) is 0 Å². The van der Waals surface area contributed by atoms with Crippen LogP contribution in [0.5, 0.6) is 11.5 Å². The molecule has 14 nitrogen and oxygen atoms in total. The first-order valence-corrected chi connectivity index (χ1v) is 21.9. The third-order valence-electron chi connectivity index (χ3n) is 9.16. The van der Waals surface area contributed by atoms with Gasteiger partial charge in [-0.15, -0.1) is 0 Å². The average Bonchev–Trinajstić information content (AvgIpc) is 3.19. The third-order valence-corrected chi connectivity index (χ3v) is 9.16. The number of carbonyl (C=O) groups is 3. The van der Waals surface area contributed by atoms with Gasteiger partial charge in [0.1, 0.15) is 30.3 Å². The molecule has 0 fully saturated rings. The summed E-state index contributed by atoms with van der Waals surface area (Å²) in [4.78, 5) is 35.5. The molecular formula is C45H79NO13. The maximum absolute atomic E-state index is 13.1. The van der Waals surface area contributed by atoms with Gasteiger partial charge in [-0.2, -0.15) is 0 Å². The number of esters is 2. The summed E-state index contributed by atoms with van der Waals surface area (Å²) >= 11 is 0. The van der Waals surface area contributed by atoms with E-state index in [-0.39, 0.29) is 18.5 Å². The molecule has 0 heterocycles. The van der Waals surface area contributed by atoms with Gasteiger partial charge in [0.2, 0.25) is 5.91 Å². The van der Waals surface area contributed by atoms with Crippen molar-refractivity contribution in [2.75, 3.05) is 106 Å². The molecule has 1 aromatic rings. The lowest BCUT2D eigenvalue weighted by atomic mass is 9.83. The smallest absolute Gasteiger partial charge is 0.332 e. The third kappa shape index (κ3) is 33.5. The molecular weight excluding hydrogens is 762 g/mol. The fraction of sp³-hybridized carbons (Fsp3) is 0.800. The normalized spacial score (nSPS) is 12.6. The lowest BCUT2D eigenvalue weighted by molar-refractivity contribution is -0.160. The number of nitrogens with one attached hydrogen (secondary N) is 1. The average molecular weight is 842 g/mol. The van der Waals surface area contributed by atoms with Crippen molar-refractivity contribution in [3.8, 4) is 11.5 Å². The first kappa shape index (κ1) is 54.2. The predicted molar refractivity (Wildman–Crippen MR) is 227 cm³/mol. The number of rotatable bonds is 40. The highest BCUT2D eigenvalue weighted by Crippen LogP contribution is 2.30. The summed E-state index contributed by atoms with van der Waals surface area (Å²) in [7, 11) is 0. The molecule has 1 amide bonds. The summed E-state index contributed by atoms with van der Waals surface area (Å²) in [5, 5.41) is 2.84. The van der Waals surface area contributed by atoms with Crippen LogP contribution in [0, 0.1) is 5.41 Å². The van der Waals surface area contributed by atoms with Crippen LogP contribution in [0.2, 0.25) is 0 Å². The zero-order chi connectivity index (χ0) is 43.3. The second kappa shape index (κ2) is 35.9. The van der Waals surface area contributed by atoms with Crippen molar-refractivity contribution >= 4 is 17.8 Å². The van der Waals surface area contributed by atoms with Gasteiger partial charge < -0.3 is 52.7 Å². The summed E-state index contributed by atoms with van der Waals surface area (Å²) < 4.78 is 55.4. The summed E-state index contributed by atoms with van der Waals surface area (Å²) in [6.07, 6.45) is 12.9. The number of hydrogen-bond acceptors (Lipinski definition) is 13. The van der Waals surface area contributed by atoms with Crippen LogP contribution in [-0.4, -0.2) is 129 Å². The molecule has 0 aliphatic rings. The number of ether oxygens (including phenoxy) is 10. The Kier molecular flexibility index (Phi) is 32.9. The number of amides is 1. The minimum atomic E-state index is -0.629. The highest BCUT2D eigenvalue weighted by Gasteiger charge is 2.33. The fourth-order valence-electron chi connectivity index (χ4n) is 5.60. The van der Waals surface area contributed by atoms with Crippen LogP contribution in [0.4, 0.5) is 0 Å². The van der Waals surface area contributed by atoms with Crippen molar-refractivity contribution in [1.82, 2.24) is 5.32 Å². The van der Waals surface area contributed by atoms with Crippen LogP contribution in [0.25, 0.3) is 0 Å². The minimum Gasteiger partial charge on any atom is -0.491 e. The molecule has 0 radical (unpaired) electrons. The Hall–Kier alpha value is -2.85. The van der Waals surface area contributed by atoms with Gasteiger partial charge in [0.15, 0.2) is 0 Å². The van der Waals surface area contributed by atoms with E-state index >= 15 is 0 Å². The molecule has 0 aromatic heterocycles. The van der Waals surface area contributed by atoms with E-state index in [9.17, 15) is 14.4 Å². The van der Waals surface area contributed by atoms with Gasteiger partial charge in [-0.25, -0.2) is 4.79 Å². The van der Waals surface area contributed by atoms with Crippen molar-refractivity contribution in [2.45, 2.75) is 124 Å². The van der Waals surface area contributed by atoms with Crippen LogP contribution in [0.3, 0.4) is 0 Å². The molecule has 1 atom stereocenters. The molecule has 1 N–H and O–H groups in total. The van der Waals surface area contributed by atoms with E-state index in [1.807, 2.05) is 34.6 Å². The molecule has 1 unspecified atom stereocenters.